The third-order valence-electron chi connectivity index (χ3n) is 3.47. The zero-order chi connectivity index (χ0) is 10.7. The van der Waals surface area contributed by atoms with Gasteiger partial charge in [0.1, 0.15) is 0 Å². The lowest BCUT2D eigenvalue weighted by atomic mass is 9.80. The van der Waals surface area contributed by atoms with Gasteiger partial charge in [-0.15, -0.1) is 0 Å². The summed E-state index contributed by atoms with van der Waals surface area (Å²) in [5, 5.41) is 0. The van der Waals surface area contributed by atoms with Crippen LogP contribution in [0.4, 0.5) is 0 Å². The van der Waals surface area contributed by atoms with E-state index < -0.39 is 0 Å². The highest BCUT2D eigenvalue weighted by Gasteiger charge is 2.45. The summed E-state index contributed by atoms with van der Waals surface area (Å²) in [6.45, 7) is 1.38. The second-order valence-electron chi connectivity index (χ2n) is 4.46. The molecule has 0 radical (unpaired) electrons. The van der Waals surface area contributed by atoms with Gasteiger partial charge in [0.05, 0.1) is 13.2 Å². The molecule has 2 N–H and O–H groups in total. The predicted molar refractivity (Wildman–Crippen MR) is 55.0 cm³/mol. The van der Waals surface area contributed by atoms with E-state index in [0.717, 1.165) is 25.7 Å². The fraction of sp³-hybridized carbons (Fsp3) is 0.909. The Bertz CT molecular complexity index is 236. The molecule has 2 aliphatic rings. The number of ether oxygens (including phenoxy) is 2. The lowest BCUT2D eigenvalue weighted by Gasteiger charge is -2.39. The normalized spacial score (nSPS) is 29.5. The molecule has 1 unspecified atom stereocenters. The van der Waals surface area contributed by atoms with E-state index in [1.807, 2.05) is 0 Å². The molecule has 0 bridgehead atoms. The van der Waals surface area contributed by atoms with Gasteiger partial charge in [0.25, 0.3) is 0 Å². The van der Waals surface area contributed by atoms with Crippen molar-refractivity contribution in [3.05, 3.63) is 0 Å². The van der Waals surface area contributed by atoms with Crippen LogP contribution in [0, 0.1) is 5.92 Å². The van der Waals surface area contributed by atoms with E-state index in [9.17, 15) is 4.79 Å². The number of carbonyl (C=O) groups excluding carboxylic acids is 1. The van der Waals surface area contributed by atoms with Crippen molar-refractivity contribution in [1.29, 1.82) is 0 Å². The highest BCUT2D eigenvalue weighted by atomic mass is 16.7. The Morgan fingerprint density at radius 2 is 2.07 bits per heavy atom. The second-order valence-corrected chi connectivity index (χ2v) is 4.46. The molecule has 0 aromatic heterocycles. The summed E-state index contributed by atoms with van der Waals surface area (Å²) in [5.41, 5.74) is 5.18. The first-order valence-corrected chi connectivity index (χ1v) is 5.79. The third-order valence-corrected chi connectivity index (χ3v) is 3.47. The second kappa shape index (κ2) is 4.49. The van der Waals surface area contributed by atoms with Crippen molar-refractivity contribution in [2.75, 3.05) is 13.2 Å². The van der Waals surface area contributed by atoms with E-state index in [1.54, 1.807) is 0 Å². The number of carbonyl (C=O) groups is 1. The van der Waals surface area contributed by atoms with Crippen molar-refractivity contribution in [2.45, 2.75) is 44.3 Å². The van der Waals surface area contributed by atoms with Crippen molar-refractivity contribution in [2.24, 2.45) is 11.7 Å². The van der Waals surface area contributed by atoms with Crippen LogP contribution in [0.1, 0.15) is 38.5 Å². The van der Waals surface area contributed by atoms with Gasteiger partial charge >= 0.3 is 0 Å². The molecule has 1 saturated carbocycles. The molecule has 86 valence electrons. The van der Waals surface area contributed by atoms with Crippen molar-refractivity contribution in [1.82, 2.24) is 0 Å². The van der Waals surface area contributed by atoms with Gasteiger partial charge in [-0.1, -0.05) is 6.42 Å². The van der Waals surface area contributed by atoms with Crippen LogP contribution in [0.15, 0.2) is 0 Å². The number of rotatable bonds is 3. The van der Waals surface area contributed by atoms with Crippen molar-refractivity contribution in [3.8, 4) is 0 Å². The molecule has 4 nitrogen and oxygen atoms in total. The van der Waals surface area contributed by atoms with Gasteiger partial charge in [-0.05, 0) is 19.3 Å². The Labute approximate surface area is 90.1 Å². The van der Waals surface area contributed by atoms with Crippen molar-refractivity contribution >= 4 is 5.91 Å². The summed E-state index contributed by atoms with van der Waals surface area (Å²) in [5.74, 6) is -0.261. The van der Waals surface area contributed by atoms with Crippen LogP contribution in [0.25, 0.3) is 0 Å². The maximum atomic E-state index is 10.8. The molecule has 0 aromatic rings. The molecular weight excluding hydrogens is 194 g/mol. The van der Waals surface area contributed by atoms with Crippen molar-refractivity contribution in [3.63, 3.8) is 0 Å². The van der Waals surface area contributed by atoms with Crippen LogP contribution in [-0.4, -0.2) is 24.9 Å². The van der Waals surface area contributed by atoms with E-state index in [0.29, 0.717) is 25.6 Å². The summed E-state index contributed by atoms with van der Waals surface area (Å²) in [7, 11) is 0. The smallest absolute Gasteiger partial charge is 0.217 e. The van der Waals surface area contributed by atoms with E-state index in [4.69, 9.17) is 15.2 Å². The summed E-state index contributed by atoms with van der Waals surface area (Å²) in [6.07, 6.45) is 5.67. The number of amides is 1. The topological polar surface area (TPSA) is 61.6 Å². The zero-order valence-electron chi connectivity index (χ0n) is 9.04. The number of primary amides is 1. The molecule has 1 atom stereocenters. The standard InChI is InChI=1S/C11H19NO3/c12-10(13)5-4-9-3-1-2-6-11(9)14-7-8-15-11/h9H,1-8H2,(H2,12,13). The SMILES string of the molecule is NC(=O)CCC1CCCCC12OCCO2. The largest absolute Gasteiger partial charge is 0.370 e. The minimum Gasteiger partial charge on any atom is -0.370 e. The molecule has 4 heteroatoms. The molecule has 1 spiro atoms. The average Bonchev–Trinajstić information content (AvgIpc) is 2.66. The number of nitrogens with two attached hydrogens (primary N) is 1. The molecule has 1 amide bonds. The average molecular weight is 213 g/mol. The first-order valence-electron chi connectivity index (χ1n) is 5.79. The Morgan fingerprint density at radius 1 is 1.33 bits per heavy atom. The summed E-state index contributed by atoms with van der Waals surface area (Å²) in [4.78, 5) is 10.8. The quantitative estimate of drug-likeness (QED) is 0.766. The lowest BCUT2D eigenvalue weighted by Crippen LogP contribution is -2.42. The molecule has 1 aliphatic carbocycles. The van der Waals surface area contributed by atoms with Gasteiger partial charge in [-0.2, -0.15) is 0 Å². The van der Waals surface area contributed by atoms with Crippen LogP contribution < -0.4 is 5.73 Å². The maximum absolute atomic E-state index is 10.8. The van der Waals surface area contributed by atoms with Gasteiger partial charge in [-0.25, -0.2) is 0 Å². The van der Waals surface area contributed by atoms with Crippen LogP contribution in [0.3, 0.4) is 0 Å². The van der Waals surface area contributed by atoms with Crippen LogP contribution >= 0.6 is 0 Å². The predicted octanol–water partition coefficient (Wildman–Crippen LogP) is 1.19. The van der Waals surface area contributed by atoms with E-state index in [2.05, 4.69) is 0 Å². The molecule has 2 rings (SSSR count). The Balaban J connectivity index is 1.96. The molecule has 1 saturated heterocycles. The van der Waals surface area contributed by atoms with Crippen molar-refractivity contribution < 1.29 is 14.3 Å². The van der Waals surface area contributed by atoms with Crippen LogP contribution in [0.5, 0.6) is 0 Å². The Hall–Kier alpha value is -0.610. The molecule has 2 fully saturated rings. The highest BCUT2D eigenvalue weighted by Crippen LogP contribution is 2.42. The molecule has 1 aliphatic heterocycles. The maximum Gasteiger partial charge on any atom is 0.217 e. The summed E-state index contributed by atoms with van der Waals surface area (Å²) >= 11 is 0. The highest BCUT2D eigenvalue weighted by molar-refractivity contribution is 5.73. The monoisotopic (exact) mass is 213 g/mol. The van der Waals surface area contributed by atoms with E-state index >= 15 is 0 Å². The minimum absolute atomic E-state index is 0.228. The van der Waals surface area contributed by atoms with Gasteiger partial charge in [0.15, 0.2) is 5.79 Å². The number of hydrogen-bond acceptors (Lipinski definition) is 3. The van der Waals surface area contributed by atoms with Gasteiger partial charge in [-0.3, -0.25) is 4.79 Å². The first kappa shape index (κ1) is 10.9. The third kappa shape index (κ3) is 2.32. The fourth-order valence-electron chi connectivity index (χ4n) is 2.72. The molecule has 0 aromatic carbocycles. The summed E-state index contributed by atoms with van der Waals surface area (Å²) < 4.78 is 11.5. The lowest BCUT2D eigenvalue weighted by molar-refractivity contribution is -0.213. The van der Waals surface area contributed by atoms with Gasteiger partial charge < -0.3 is 15.2 Å². The first-order chi connectivity index (χ1) is 7.23. The van der Waals surface area contributed by atoms with Gasteiger partial charge in [0, 0.05) is 18.8 Å². The van der Waals surface area contributed by atoms with Crippen LogP contribution in [-0.2, 0) is 14.3 Å². The molecular formula is C11H19NO3. The Kier molecular flexibility index (Phi) is 3.26. The molecule has 1 heterocycles. The van der Waals surface area contributed by atoms with Crippen LogP contribution in [0.2, 0.25) is 0 Å². The fourth-order valence-corrected chi connectivity index (χ4v) is 2.72. The van der Waals surface area contributed by atoms with Gasteiger partial charge in [0.2, 0.25) is 5.91 Å². The molecule has 15 heavy (non-hydrogen) atoms. The Morgan fingerprint density at radius 3 is 2.73 bits per heavy atom. The van der Waals surface area contributed by atoms with E-state index in [-0.39, 0.29) is 11.7 Å². The minimum atomic E-state index is -0.381. The zero-order valence-corrected chi connectivity index (χ0v) is 9.04. The number of hydrogen-bond donors (Lipinski definition) is 1. The summed E-state index contributed by atoms with van der Waals surface area (Å²) in [6, 6.07) is 0. The van der Waals surface area contributed by atoms with E-state index in [1.165, 1.54) is 6.42 Å².